The number of halogens is 1. The summed E-state index contributed by atoms with van der Waals surface area (Å²) in [5, 5.41) is 3.44. The van der Waals surface area contributed by atoms with Crippen molar-refractivity contribution in [2.45, 2.75) is 38.8 Å². The molecule has 5 heteroatoms. The zero-order valence-corrected chi connectivity index (χ0v) is 14.4. The second-order valence-corrected chi connectivity index (χ2v) is 6.59. The SMILES string of the molecule is COc1ccc(CCC(=O)N2CC(C)NC(C)C2)cc1Br. The van der Waals surface area contributed by atoms with Crippen molar-refractivity contribution >= 4 is 21.8 Å². The summed E-state index contributed by atoms with van der Waals surface area (Å²) in [5.41, 5.74) is 1.15. The predicted molar refractivity (Wildman–Crippen MR) is 87.7 cm³/mol. The maximum atomic E-state index is 12.3. The van der Waals surface area contributed by atoms with E-state index in [1.54, 1.807) is 7.11 Å². The molecule has 0 saturated carbocycles. The Morgan fingerprint density at radius 2 is 2.05 bits per heavy atom. The minimum atomic E-state index is 0.238. The second kappa shape index (κ2) is 7.27. The molecule has 0 radical (unpaired) electrons. The van der Waals surface area contributed by atoms with Gasteiger partial charge in [-0.05, 0) is 53.9 Å². The first-order valence-electron chi connectivity index (χ1n) is 7.36. The monoisotopic (exact) mass is 354 g/mol. The molecule has 4 nitrogen and oxygen atoms in total. The van der Waals surface area contributed by atoms with Gasteiger partial charge < -0.3 is 15.0 Å². The Morgan fingerprint density at radius 3 is 2.62 bits per heavy atom. The average Bonchev–Trinajstić information content (AvgIpc) is 2.43. The lowest BCUT2D eigenvalue weighted by molar-refractivity contribution is -0.132. The van der Waals surface area contributed by atoms with E-state index in [4.69, 9.17) is 4.74 Å². The van der Waals surface area contributed by atoms with E-state index in [1.807, 2.05) is 23.1 Å². The van der Waals surface area contributed by atoms with Gasteiger partial charge in [0.15, 0.2) is 0 Å². The first-order valence-corrected chi connectivity index (χ1v) is 8.15. The Hall–Kier alpha value is -1.07. The predicted octanol–water partition coefficient (Wildman–Crippen LogP) is 2.60. The number of aryl methyl sites for hydroxylation is 1. The van der Waals surface area contributed by atoms with Crippen molar-refractivity contribution < 1.29 is 9.53 Å². The molecule has 0 aliphatic carbocycles. The van der Waals surface area contributed by atoms with Crippen LogP contribution in [0.1, 0.15) is 25.8 Å². The average molecular weight is 355 g/mol. The fraction of sp³-hybridized carbons (Fsp3) is 0.562. The van der Waals surface area contributed by atoms with Crippen molar-refractivity contribution in [1.82, 2.24) is 10.2 Å². The highest BCUT2D eigenvalue weighted by molar-refractivity contribution is 9.10. The van der Waals surface area contributed by atoms with Crippen molar-refractivity contribution in [1.29, 1.82) is 0 Å². The van der Waals surface area contributed by atoms with E-state index in [9.17, 15) is 4.79 Å². The van der Waals surface area contributed by atoms with Gasteiger partial charge in [-0.15, -0.1) is 0 Å². The molecule has 1 aliphatic heterocycles. The molecule has 1 saturated heterocycles. The quantitative estimate of drug-likeness (QED) is 0.903. The smallest absolute Gasteiger partial charge is 0.223 e. The molecular formula is C16H23BrN2O2. The maximum absolute atomic E-state index is 12.3. The maximum Gasteiger partial charge on any atom is 0.223 e. The summed E-state index contributed by atoms with van der Waals surface area (Å²) in [6.07, 6.45) is 1.31. The molecule has 1 heterocycles. The van der Waals surface area contributed by atoms with Crippen LogP contribution in [-0.4, -0.2) is 43.1 Å². The lowest BCUT2D eigenvalue weighted by Gasteiger charge is -2.36. The lowest BCUT2D eigenvalue weighted by atomic mass is 10.1. The van der Waals surface area contributed by atoms with E-state index in [2.05, 4.69) is 35.1 Å². The third-order valence-electron chi connectivity index (χ3n) is 3.75. The van der Waals surface area contributed by atoms with Gasteiger partial charge in [-0.1, -0.05) is 6.07 Å². The van der Waals surface area contributed by atoms with E-state index >= 15 is 0 Å². The second-order valence-electron chi connectivity index (χ2n) is 5.74. The summed E-state index contributed by atoms with van der Waals surface area (Å²) in [5.74, 6) is 1.05. The summed E-state index contributed by atoms with van der Waals surface area (Å²) in [4.78, 5) is 14.3. The highest BCUT2D eigenvalue weighted by Crippen LogP contribution is 2.26. The van der Waals surface area contributed by atoms with Crippen molar-refractivity contribution in [2.24, 2.45) is 0 Å². The first-order chi connectivity index (χ1) is 9.99. The highest BCUT2D eigenvalue weighted by atomic mass is 79.9. The fourth-order valence-corrected chi connectivity index (χ4v) is 3.39. The van der Waals surface area contributed by atoms with Gasteiger partial charge in [-0.2, -0.15) is 0 Å². The van der Waals surface area contributed by atoms with E-state index in [-0.39, 0.29) is 5.91 Å². The lowest BCUT2D eigenvalue weighted by Crippen LogP contribution is -2.55. The van der Waals surface area contributed by atoms with Crippen LogP contribution in [0.4, 0.5) is 0 Å². The topological polar surface area (TPSA) is 41.6 Å². The number of ether oxygens (including phenoxy) is 1. The number of nitrogens with zero attached hydrogens (tertiary/aromatic N) is 1. The molecule has 1 amide bonds. The molecule has 1 N–H and O–H groups in total. The van der Waals surface area contributed by atoms with Crippen molar-refractivity contribution in [3.8, 4) is 5.75 Å². The summed E-state index contributed by atoms with van der Waals surface area (Å²) >= 11 is 3.48. The number of amides is 1. The van der Waals surface area contributed by atoms with E-state index in [0.29, 0.717) is 18.5 Å². The molecule has 0 bridgehead atoms. The highest BCUT2D eigenvalue weighted by Gasteiger charge is 2.24. The Morgan fingerprint density at radius 1 is 1.38 bits per heavy atom. The molecular weight excluding hydrogens is 332 g/mol. The molecule has 1 aromatic rings. The molecule has 21 heavy (non-hydrogen) atoms. The van der Waals surface area contributed by atoms with Crippen LogP contribution in [0.2, 0.25) is 0 Å². The van der Waals surface area contributed by atoms with Gasteiger partial charge in [-0.3, -0.25) is 4.79 Å². The van der Waals surface area contributed by atoms with Crippen molar-refractivity contribution in [3.63, 3.8) is 0 Å². The van der Waals surface area contributed by atoms with Gasteiger partial charge in [0, 0.05) is 31.6 Å². The van der Waals surface area contributed by atoms with Crippen LogP contribution < -0.4 is 10.1 Å². The number of benzene rings is 1. The number of piperazine rings is 1. The van der Waals surface area contributed by atoms with E-state index < -0.39 is 0 Å². The van der Waals surface area contributed by atoms with E-state index in [1.165, 1.54) is 0 Å². The van der Waals surface area contributed by atoms with Crippen LogP contribution in [-0.2, 0) is 11.2 Å². The summed E-state index contributed by atoms with van der Waals surface area (Å²) in [7, 11) is 1.65. The number of hydrogen-bond acceptors (Lipinski definition) is 3. The van der Waals surface area contributed by atoms with Gasteiger partial charge in [-0.25, -0.2) is 0 Å². The van der Waals surface area contributed by atoms with E-state index in [0.717, 1.165) is 35.3 Å². The third kappa shape index (κ3) is 4.45. The Labute approximate surface area is 135 Å². The van der Waals surface area contributed by atoms with Gasteiger partial charge in [0.25, 0.3) is 0 Å². The summed E-state index contributed by atoms with van der Waals surface area (Å²) < 4.78 is 6.15. The molecule has 0 spiro atoms. The van der Waals surface area contributed by atoms with Crippen LogP contribution >= 0.6 is 15.9 Å². The molecule has 116 valence electrons. The molecule has 1 fully saturated rings. The molecule has 0 aromatic heterocycles. The zero-order valence-electron chi connectivity index (χ0n) is 12.9. The number of methoxy groups -OCH3 is 1. The van der Waals surface area contributed by atoms with Gasteiger partial charge in [0.05, 0.1) is 11.6 Å². The molecule has 1 aliphatic rings. The normalized spacial score (nSPS) is 22.2. The standard InChI is InChI=1S/C16H23BrN2O2/c1-11-9-19(10-12(2)18-11)16(20)7-5-13-4-6-15(21-3)14(17)8-13/h4,6,8,11-12,18H,5,7,9-10H2,1-3H3. The molecule has 2 rings (SSSR count). The van der Waals surface area contributed by atoms with Crippen molar-refractivity contribution in [2.75, 3.05) is 20.2 Å². The van der Waals surface area contributed by atoms with Gasteiger partial charge >= 0.3 is 0 Å². The largest absolute Gasteiger partial charge is 0.496 e. The molecule has 2 atom stereocenters. The number of nitrogens with one attached hydrogen (secondary N) is 1. The summed E-state index contributed by atoms with van der Waals surface area (Å²) in [6.45, 7) is 5.85. The Balaban J connectivity index is 1.90. The molecule has 1 aromatic carbocycles. The van der Waals surface area contributed by atoms with Crippen LogP contribution in [0.25, 0.3) is 0 Å². The number of carbonyl (C=O) groups excluding carboxylic acids is 1. The van der Waals surface area contributed by atoms with Crippen LogP contribution in [0.5, 0.6) is 5.75 Å². The van der Waals surface area contributed by atoms with Gasteiger partial charge in [0.2, 0.25) is 5.91 Å². The number of hydrogen-bond donors (Lipinski definition) is 1. The fourth-order valence-electron chi connectivity index (χ4n) is 2.81. The zero-order chi connectivity index (χ0) is 15.4. The summed E-state index contributed by atoms with van der Waals surface area (Å²) in [6, 6.07) is 6.70. The van der Waals surface area contributed by atoms with Crippen LogP contribution in [0.3, 0.4) is 0 Å². The van der Waals surface area contributed by atoms with Crippen LogP contribution in [0.15, 0.2) is 22.7 Å². The van der Waals surface area contributed by atoms with Crippen LogP contribution in [0, 0.1) is 0 Å². The Bertz CT molecular complexity index is 497. The minimum Gasteiger partial charge on any atom is -0.496 e. The van der Waals surface area contributed by atoms with Gasteiger partial charge in [0.1, 0.15) is 5.75 Å². The molecule has 2 unspecified atom stereocenters. The minimum absolute atomic E-state index is 0.238. The number of rotatable bonds is 4. The number of carbonyl (C=O) groups is 1. The first kappa shape index (κ1) is 16.3. The Kier molecular flexibility index (Phi) is 5.65. The third-order valence-corrected chi connectivity index (χ3v) is 4.37. The van der Waals surface area contributed by atoms with Crippen molar-refractivity contribution in [3.05, 3.63) is 28.2 Å².